The van der Waals surface area contributed by atoms with E-state index in [1.165, 1.54) is 38.5 Å². The molecule has 0 aliphatic rings. The molecule has 0 atom stereocenters. The highest BCUT2D eigenvalue weighted by atomic mass is 16.5. The lowest BCUT2D eigenvalue weighted by molar-refractivity contribution is 0.302. The molecule has 0 saturated carbocycles. The van der Waals surface area contributed by atoms with Crippen molar-refractivity contribution in [2.75, 3.05) is 6.61 Å². The molecule has 0 aliphatic carbocycles. The minimum atomic E-state index is -1.41. The van der Waals surface area contributed by atoms with Gasteiger partial charge in [-0.05, 0) is 30.4 Å². The van der Waals surface area contributed by atoms with E-state index in [1.807, 2.05) is 13.0 Å². The summed E-state index contributed by atoms with van der Waals surface area (Å²) in [7, 11) is -1.41. The van der Waals surface area contributed by atoms with Crippen LogP contribution in [0.5, 0.6) is 5.75 Å². The van der Waals surface area contributed by atoms with E-state index in [0.717, 1.165) is 24.3 Å². The van der Waals surface area contributed by atoms with Crippen molar-refractivity contribution >= 4 is 12.6 Å². The van der Waals surface area contributed by atoms with Gasteiger partial charge in [-0.1, -0.05) is 57.6 Å². The van der Waals surface area contributed by atoms with Crippen LogP contribution in [0, 0.1) is 6.92 Å². The molecule has 0 fully saturated rings. The highest BCUT2D eigenvalue weighted by molar-refractivity contribution is 6.58. The number of unbranched alkanes of at least 4 members (excludes halogenated alkanes) is 6. The molecule has 0 heterocycles. The lowest BCUT2D eigenvalue weighted by Crippen LogP contribution is -2.29. The largest absolute Gasteiger partial charge is 0.493 e. The van der Waals surface area contributed by atoms with Crippen molar-refractivity contribution < 1.29 is 14.8 Å². The van der Waals surface area contributed by atoms with Gasteiger partial charge in [0, 0.05) is 0 Å². The molecule has 0 saturated heterocycles. The van der Waals surface area contributed by atoms with Gasteiger partial charge in [-0.3, -0.25) is 0 Å². The fraction of sp³-hybridized carbons (Fsp3) is 0.625. The zero-order chi connectivity index (χ0) is 14.8. The zero-order valence-electron chi connectivity index (χ0n) is 12.8. The highest BCUT2D eigenvalue weighted by Gasteiger charge is 2.12. The Balaban J connectivity index is 2.19. The third kappa shape index (κ3) is 6.44. The second-order valence-corrected chi connectivity index (χ2v) is 5.37. The Morgan fingerprint density at radius 1 is 1.00 bits per heavy atom. The molecule has 0 aromatic heterocycles. The first kappa shape index (κ1) is 17.1. The first-order valence-electron chi connectivity index (χ1n) is 7.74. The van der Waals surface area contributed by atoms with Gasteiger partial charge in [0.2, 0.25) is 0 Å². The van der Waals surface area contributed by atoms with Crippen LogP contribution in [0.2, 0.25) is 0 Å². The van der Waals surface area contributed by atoms with Crippen LogP contribution >= 0.6 is 0 Å². The van der Waals surface area contributed by atoms with Gasteiger partial charge in [-0.15, -0.1) is 0 Å². The van der Waals surface area contributed by atoms with Crippen LogP contribution in [-0.2, 0) is 0 Å². The van der Waals surface area contributed by atoms with Gasteiger partial charge in [0.25, 0.3) is 0 Å². The smallest absolute Gasteiger partial charge is 0.488 e. The van der Waals surface area contributed by atoms with Crippen molar-refractivity contribution in [1.82, 2.24) is 0 Å². The fourth-order valence-corrected chi connectivity index (χ4v) is 2.24. The molecular formula is C16H27BO3. The second-order valence-electron chi connectivity index (χ2n) is 5.37. The molecule has 4 heteroatoms. The van der Waals surface area contributed by atoms with Crippen molar-refractivity contribution in [2.24, 2.45) is 0 Å². The molecule has 0 amide bonds. The van der Waals surface area contributed by atoms with E-state index in [0.29, 0.717) is 5.46 Å². The quantitative estimate of drug-likeness (QED) is 0.511. The number of rotatable bonds is 10. The van der Waals surface area contributed by atoms with Crippen molar-refractivity contribution in [2.45, 2.75) is 58.8 Å². The molecule has 0 unspecified atom stereocenters. The Labute approximate surface area is 123 Å². The highest BCUT2D eigenvalue weighted by Crippen LogP contribution is 2.16. The summed E-state index contributed by atoms with van der Waals surface area (Å²) in [5.74, 6) is 0.834. The summed E-state index contributed by atoms with van der Waals surface area (Å²) in [4.78, 5) is 0. The summed E-state index contributed by atoms with van der Waals surface area (Å²) in [6.45, 7) is 4.89. The average Bonchev–Trinajstić information content (AvgIpc) is 2.43. The van der Waals surface area contributed by atoms with Gasteiger partial charge in [0.1, 0.15) is 5.75 Å². The molecule has 1 rings (SSSR count). The van der Waals surface area contributed by atoms with Crippen LogP contribution in [0.15, 0.2) is 18.2 Å². The molecule has 1 aromatic rings. The van der Waals surface area contributed by atoms with Crippen LogP contribution in [-0.4, -0.2) is 23.8 Å². The maximum atomic E-state index is 9.09. The molecule has 1 aromatic carbocycles. The summed E-state index contributed by atoms with van der Waals surface area (Å²) in [5, 5.41) is 18.2. The maximum Gasteiger partial charge on any atom is 0.488 e. The van der Waals surface area contributed by atoms with E-state index in [-0.39, 0.29) is 0 Å². The fourth-order valence-electron chi connectivity index (χ4n) is 2.24. The maximum absolute atomic E-state index is 9.09. The first-order chi connectivity index (χ1) is 9.65. The SMILES string of the molecule is CCCCCCCCCOc1ccc(B(O)O)cc1C. The lowest BCUT2D eigenvalue weighted by Gasteiger charge is -2.10. The predicted molar refractivity (Wildman–Crippen MR) is 84.5 cm³/mol. The summed E-state index contributed by atoms with van der Waals surface area (Å²) >= 11 is 0. The van der Waals surface area contributed by atoms with Crippen molar-refractivity contribution in [1.29, 1.82) is 0 Å². The van der Waals surface area contributed by atoms with Gasteiger partial charge in [-0.2, -0.15) is 0 Å². The number of benzene rings is 1. The molecule has 20 heavy (non-hydrogen) atoms. The second kappa shape index (κ2) is 9.84. The zero-order valence-corrected chi connectivity index (χ0v) is 12.8. The average molecular weight is 278 g/mol. The Bertz CT molecular complexity index is 380. The Morgan fingerprint density at radius 2 is 1.65 bits per heavy atom. The number of ether oxygens (including phenoxy) is 1. The van der Waals surface area contributed by atoms with E-state index in [9.17, 15) is 0 Å². The molecule has 0 bridgehead atoms. The Hall–Kier alpha value is -0.995. The first-order valence-corrected chi connectivity index (χ1v) is 7.74. The summed E-state index contributed by atoms with van der Waals surface area (Å²) in [6.07, 6.45) is 8.90. The molecule has 112 valence electrons. The topological polar surface area (TPSA) is 49.7 Å². The summed E-state index contributed by atoms with van der Waals surface area (Å²) < 4.78 is 5.74. The predicted octanol–water partition coefficient (Wildman–Crippen LogP) is 2.80. The van der Waals surface area contributed by atoms with Crippen LogP contribution in [0.4, 0.5) is 0 Å². The van der Waals surface area contributed by atoms with Gasteiger partial charge < -0.3 is 14.8 Å². The number of hydrogen-bond acceptors (Lipinski definition) is 3. The Kier molecular flexibility index (Phi) is 8.39. The number of hydrogen-bond donors (Lipinski definition) is 2. The number of aryl methyl sites for hydroxylation is 1. The molecule has 0 spiro atoms. The van der Waals surface area contributed by atoms with Gasteiger partial charge in [0.05, 0.1) is 6.61 Å². The van der Waals surface area contributed by atoms with E-state index in [2.05, 4.69) is 6.92 Å². The van der Waals surface area contributed by atoms with E-state index in [4.69, 9.17) is 14.8 Å². The molecule has 2 N–H and O–H groups in total. The van der Waals surface area contributed by atoms with E-state index < -0.39 is 7.12 Å². The molecule has 3 nitrogen and oxygen atoms in total. The normalized spacial score (nSPS) is 10.6. The third-order valence-corrected chi connectivity index (χ3v) is 3.50. The molecule has 0 radical (unpaired) electrons. The Morgan fingerprint density at radius 3 is 2.25 bits per heavy atom. The van der Waals surface area contributed by atoms with Crippen molar-refractivity contribution in [3.63, 3.8) is 0 Å². The van der Waals surface area contributed by atoms with Gasteiger partial charge in [-0.25, -0.2) is 0 Å². The lowest BCUT2D eigenvalue weighted by atomic mass is 9.79. The summed E-state index contributed by atoms with van der Waals surface area (Å²) in [6, 6.07) is 5.26. The summed E-state index contributed by atoms with van der Waals surface area (Å²) in [5.41, 5.74) is 1.45. The minimum absolute atomic E-state index is 0.505. The van der Waals surface area contributed by atoms with Crippen LogP contribution in [0.1, 0.15) is 57.4 Å². The van der Waals surface area contributed by atoms with Crippen LogP contribution < -0.4 is 10.2 Å². The minimum Gasteiger partial charge on any atom is -0.493 e. The van der Waals surface area contributed by atoms with Crippen LogP contribution in [0.25, 0.3) is 0 Å². The molecular weight excluding hydrogens is 251 g/mol. The van der Waals surface area contributed by atoms with E-state index in [1.54, 1.807) is 12.1 Å². The third-order valence-electron chi connectivity index (χ3n) is 3.50. The monoisotopic (exact) mass is 278 g/mol. The van der Waals surface area contributed by atoms with Crippen molar-refractivity contribution in [3.8, 4) is 5.75 Å². The van der Waals surface area contributed by atoms with Gasteiger partial charge in [0.15, 0.2) is 0 Å². The van der Waals surface area contributed by atoms with Crippen molar-refractivity contribution in [3.05, 3.63) is 23.8 Å². The van der Waals surface area contributed by atoms with Gasteiger partial charge >= 0.3 is 7.12 Å². The van der Waals surface area contributed by atoms with E-state index >= 15 is 0 Å². The molecule has 0 aliphatic heterocycles. The van der Waals surface area contributed by atoms with Crippen LogP contribution in [0.3, 0.4) is 0 Å². The standard InChI is InChI=1S/C16H27BO3/c1-3-4-5-6-7-8-9-12-20-16-11-10-15(17(18)19)13-14(16)2/h10-11,13,18-19H,3-9,12H2,1-2H3.